The minimum absolute atomic E-state index is 0.0588. The maximum absolute atomic E-state index is 11.5. The Balaban J connectivity index is 4.46. The van der Waals surface area contributed by atoms with Crippen LogP contribution in [0.1, 0.15) is 20.8 Å². The minimum atomic E-state index is -0.0588. The smallest absolute Gasteiger partial charge is 0.239 e. The van der Waals surface area contributed by atoms with Crippen molar-refractivity contribution in [1.82, 2.24) is 10.2 Å². The summed E-state index contributed by atoms with van der Waals surface area (Å²) in [4.78, 5) is 17.0. The van der Waals surface area contributed by atoms with Gasteiger partial charge in [0.1, 0.15) is 0 Å². The molecule has 0 aliphatic rings. The van der Waals surface area contributed by atoms with Gasteiger partial charge in [-0.2, -0.15) is 5.26 Å². The highest BCUT2D eigenvalue weighted by Crippen LogP contribution is 2.04. The van der Waals surface area contributed by atoms with E-state index in [0.29, 0.717) is 11.7 Å². The molecule has 0 rings (SSSR count). The molecule has 0 spiro atoms. The van der Waals surface area contributed by atoms with Crippen molar-refractivity contribution >= 4 is 22.8 Å². The van der Waals surface area contributed by atoms with Crippen LogP contribution in [-0.2, 0) is 4.79 Å². The number of carbonyl (C=O) groups excluding carboxylic acids is 1. The Morgan fingerprint density at radius 2 is 2.25 bits per heavy atom. The molecule has 1 amide bonds. The fourth-order valence-corrected chi connectivity index (χ4v) is 1.73. The van der Waals surface area contributed by atoms with E-state index >= 15 is 0 Å². The lowest BCUT2D eigenvalue weighted by atomic mass is 10.4. The maximum atomic E-state index is 11.5. The Kier molecular flexibility index (Phi) is 7.38. The molecule has 0 bridgehead atoms. The quantitative estimate of drug-likeness (QED) is 0.454. The van der Waals surface area contributed by atoms with Crippen LogP contribution in [0.3, 0.4) is 0 Å². The average Bonchev–Trinajstić information content (AvgIpc) is 2.22. The van der Waals surface area contributed by atoms with E-state index in [1.54, 1.807) is 11.1 Å². The lowest BCUT2D eigenvalue weighted by Gasteiger charge is -2.22. The number of nitrogens with one attached hydrogen (secondary N) is 1. The number of amides is 1. The van der Waals surface area contributed by atoms with E-state index in [9.17, 15) is 4.79 Å². The monoisotopic (exact) mass is 242 g/mol. The number of likely N-dealkylation sites (N-methyl/N-ethyl adjacent to an activating group) is 1. The number of amidine groups is 1. The zero-order chi connectivity index (χ0) is 12.6. The van der Waals surface area contributed by atoms with E-state index in [1.807, 2.05) is 27.0 Å². The topological polar surface area (TPSA) is 68.5 Å². The van der Waals surface area contributed by atoms with Gasteiger partial charge in [-0.15, -0.1) is 4.99 Å². The minimum Gasteiger partial charge on any atom is -0.352 e. The second-order valence-corrected chi connectivity index (χ2v) is 4.21. The van der Waals surface area contributed by atoms with E-state index in [-0.39, 0.29) is 18.5 Å². The van der Waals surface area contributed by atoms with E-state index in [0.717, 1.165) is 0 Å². The molecule has 0 heterocycles. The number of carbonyl (C=O) groups is 1. The van der Waals surface area contributed by atoms with Crippen molar-refractivity contribution in [3.05, 3.63) is 0 Å². The molecule has 0 radical (unpaired) electrons. The fourth-order valence-electron chi connectivity index (χ4n) is 1.14. The molecule has 0 unspecified atom stereocenters. The predicted octanol–water partition coefficient (Wildman–Crippen LogP) is 1.03. The van der Waals surface area contributed by atoms with Crippen molar-refractivity contribution in [2.75, 3.05) is 19.3 Å². The largest absolute Gasteiger partial charge is 0.352 e. The van der Waals surface area contributed by atoms with Crippen molar-refractivity contribution in [3.8, 4) is 6.19 Å². The molecule has 0 fully saturated rings. The van der Waals surface area contributed by atoms with Crippen molar-refractivity contribution in [3.63, 3.8) is 0 Å². The number of hydrogen-bond donors (Lipinski definition) is 1. The van der Waals surface area contributed by atoms with Crippen molar-refractivity contribution in [1.29, 1.82) is 5.26 Å². The number of hydrogen-bond acceptors (Lipinski definition) is 4. The van der Waals surface area contributed by atoms with E-state index < -0.39 is 0 Å². The lowest BCUT2D eigenvalue weighted by Crippen LogP contribution is -2.41. The van der Waals surface area contributed by atoms with Crippen LogP contribution in [0.2, 0.25) is 0 Å². The van der Waals surface area contributed by atoms with Crippen molar-refractivity contribution in [2.24, 2.45) is 4.99 Å². The number of aliphatic imine (C=N–C) groups is 1. The molecular formula is C10H18N4OS. The van der Waals surface area contributed by atoms with Crippen molar-refractivity contribution in [2.45, 2.75) is 26.8 Å². The normalized spacial score (nSPS) is 11.1. The summed E-state index contributed by atoms with van der Waals surface area (Å²) in [7, 11) is 0. The van der Waals surface area contributed by atoms with Gasteiger partial charge in [0.05, 0.1) is 6.54 Å². The molecule has 0 aliphatic carbocycles. The second-order valence-electron chi connectivity index (χ2n) is 3.43. The molecule has 5 nitrogen and oxygen atoms in total. The first-order valence-corrected chi connectivity index (χ1v) is 6.32. The van der Waals surface area contributed by atoms with Gasteiger partial charge in [0.2, 0.25) is 12.1 Å². The Bertz CT molecular complexity index is 296. The number of nitrogens with zero attached hydrogens (tertiary/aromatic N) is 3. The van der Waals surface area contributed by atoms with Gasteiger partial charge >= 0.3 is 0 Å². The third-order valence-electron chi connectivity index (χ3n) is 1.76. The maximum Gasteiger partial charge on any atom is 0.239 e. The summed E-state index contributed by atoms with van der Waals surface area (Å²) in [5, 5.41) is 11.9. The number of thioether (sulfide) groups is 1. The molecule has 0 aromatic carbocycles. The van der Waals surface area contributed by atoms with Crippen LogP contribution in [0.25, 0.3) is 0 Å². The van der Waals surface area contributed by atoms with Crippen LogP contribution in [0.5, 0.6) is 0 Å². The standard InChI is InChI=1S/C10H18N4OS/c1-5-14(10(16-4)12-7-11)6-9(15)13-8(2)3/h8H,5-6H2,1-4H3,(H,13,15). The van der Waals surface area contributed by atoms with Gasteiger partial charge in [-0.1, -0.05) is 11.8 Å². The highest BCUT2D eigenvalue weighted by molar-refractivity contribution is 8.13. The predicted molar refractivity (Wildman–Crippen MR) is 67.1 cm³/mol. The fraction of sp³-hybridized carbons (Fsp3) is 0.700. The molecule has 0 saturated heterocycles. The van der Waals surface area contributed by atoms with Gasteiger partial charge in [-0.25, -0.2) is 0 Å². The molecule has 0 aromatic rings. The first-order chi connectivity index (χ1) is 7.54. The molecule has 0 aromatic heterocycles. The Morgan fingerprint density at radius 3 is 2.62 bits per heavy atom. The summed E-state index contributed by atoms with van der Waals surface area (Å²) in [5.41, 5.74) is 0. The van der Waals surface area contributed by atoms with E-state index in [4.69, 9.17) is 5.26 Å². The first-order valence-electron chi connectivity index (χ1n) is 5.10. The zero-order valence-electron chi connectivity index (χ0n) is 10.1. The zero-order valence-corrected chi connectivity index (χ0v) is 11.0. The number of rotatable bonds is 4. The molecule has 1 N–H and O–H groups in total. The Hall–Kier alpha value is -1.22. The van der Waals surface area contributed by atoms with Crippen LogP contribution >= 0.6 is 11.8 Å². The highest BCUT2D eigenvalue weighted by Gasteiger charge is 2.13. The lowest BCUT2D eigenvalue weighted by molar-refractivity contribution is -0.121. The molecule has 90 valence electrons. The molecule has 6 heteroatoms. The summed E-state index contributed by atoms with van der Waals surface area (Å²) < 4.78 is 0. The molecule has 16 heavy (non-hydrogen) atoms. The summed E-state index contributed by atoms with van der Waals surface area (Å²) in [6, 6.07) is 0.122. The van der Waals surface area contributed by atoms with Gasteiger partial charge in [-0.05, 0) is 27.0 Å². The van der Waals surface area contributed by atoms with Crippen molar-refractivity contribution < 1.29 is 4.79 Å². The molecule has 0 aliphatic heterocycles. The summed E-state index contributed by atoms with van der Waals surface area (Å²) >= 11 is 1.36. The summed E-state index contributed by atoms with van der Waals surface area (Å²) in [5.74, 6) is -0.0588. The van der Waals surface area contributed by atoms with Gasteiger partial charge in [0.25, 0.3) is 0 Å². The highest BCUT2D eigenvalue weighted by atomic mass is 32.2. The van der Waals surface area contributed by atoms with Gasteiger partial charge < -0.3 is 10.2 Å². The third kappa shape index (κ3) is 5.61. The number of nitriles is 1. The van der Waals surface area contributed by atoms with Crippen LogP contribution in [0.4, 0.5) is 0 Å². The van der Waals surface area contributed by atoms with E-state index in [1.165, 1.54) is 11.8 Å². The third-order valence-corrected chi connectivity index (χ3v) is 2.48. The summed E-state index contributed by atoms with van der Waals surface area (Å²) in [6.45, 7) is 6.62. The molecular weight excluding hydrogens is 224 g/mol. The van der Waals surface area contributed by atoms with Gasteiger partial charge in [0.15, 0.2) is 5.17 Å². The Morgan fingerprint density at radius 1 is 1.62 bits per heavy atom. The first kappa shape index (κ1) is 14.8. The van der Waals surface area contributed by atoms with Crippen LogP contribution in [-0.4, -0.2) is 41.4 Å². The molecule has 0 atom stereocenters. The second kappa shape index (κ2) is 7.99. The van der Waals surface area contributed by atoms with Crippen LogP contribution < -0.4 is 5.32 Å². The average molecular weight is 242 g/mol. The molecule has 0 saturated carbocycles. The summed E-state index contributed by atoms with van der Waals surface area (Å²) in [6.07, 6.45) is 3.57. The Labute approximate surface area is 101 Å². The van der Waals surface area contributed by atoms with Crippen LogP contribution in [0, 0.1) is 11.5 Å². The van der Waals surface area contributed by atoms with Gasteiger partial charge in [-0.3, -0.25) is 4.79 Å². The van der Waals surface area contributed by atoms with Crippen LogP contribution in [0.15, 0.2) is 4.99 Å². The van der Waals surface area contributed by atoms with E-state index in [2.05, 4.69) is 10.3 Å². The van der Waals surface area contributed by atoms with Gasteiger partial charge in [0, 0.05) is 12.6 Å². The SMILES string of the molecule is CCN(CC(=O)NC(C)C)C(=NC#N)SC.